The molecule has 0 heterocycles. The number of rotatable bonds is 5. The molecule has 2 atom stereocenters. The molecule has 0 radical (unpaired) electrons. The van der Waals surface area contributed by atoms with Crippen LogP contribution in [0.5, 0.6) is 5.75 Å². The predicted molar refractivity (Wildman–Crippen MR) is 64.0 cm³/mol. The molecule has 2 heteroatoms. The van der Waals surface area contributed by atoms with E-state index in [1.807, 2.05) is 31.2 Å². The summed E-state index contributed by atoms with van der Waals surface area (Å²) in [4.78, 5) is 0. The summed E-state index contributed by atoms with van der Waals surface area (Å²) in [6, 6.07) is 8.12. The van der Waals surface area contributed by atoms with Crippen molar-refractivity contribution >= 4 is 0 Å². The van der Waals surface area contributed by atoms with Gasteiger partial charge in [0.1, 0.15) is 5.75 Å². The number of ether oxygens (including phenoxy) is 1. The van der Waals surface area contributed by atoms with Crippen LogP contribution in [0, 0.1) is 0 Å². The molecule has 0 spiro atoms. The molecule has 1 unspecified atom stereocenters. The molecule has 1 rings (SSSR count). The third-order valence-corrected chi connectivity index (χ3v) is 2.44. The smallest absolute Gasteiger partial charge is 0.119 e. The van der Waals surface area contributed by atoms with E-state index in [1.165, 1.54) is 0 Å². The van der Waals surface area contributed by atoms with Crippen molar-refractivity contribution < 1.29 is 4.74 Å². The van der Waals surface area contributed by atoms with E-state index < -0.39 is 0 Å². The van der Waals surface area contributed by atoms with Crippen LogP contribution in [0.4, 0.5) is 0 Å². The van der Waals surface area contributed by atoms with Gasteiger partial charge in [0.2, 0.25) is 0 Å². The lowest BCUT2D eigenvalue weighted by atomic mass is 10.1. The Morgan fingerprint density at radius 3 is 2.27 bits per heavy atom. The SMILES string of the molecule is CCCC(C)Oc1ccc([C@@H](C)N)cc1. The molecule has 2 nitrogen and oxygen atoms in total. The molecule has 0 saturated heterocycles. The van der Waals surface area contributed by atoms with Crippen LogP contribution in [0.1, 0.15) is 45.2 Å². The summed E-state index contributed by atoms with van der Waals surface area (Å²) in [6.07, 6.45) is 2.53. The fourth-order valence-electron chi connectivity index (χ4n) is 1.55. The molecule has 84 valence electrons. The summed E-state index contributed by atoms with van der Waals surface area (Å²) >= 11 is 0. The summed E-state index contributed by atoms with van der Waals surface area (Å²) in [5, 5.41) is 0. The first-order valence-corrected chi connectivity index (χ1v) is 5.65. The molecule has 0 saturated carbocycles. The third-order valence-electron chi connectivity index (χ3n) is 2.44. The number of hydrogen-bond acceptors (Lipinski definition) is 2. The number of nitrogens with two attached hydrogens (primary N) is 1. The first kappa shape index (κ1) is 12.1. The fraction of sp³-hybridized carbons (Fsp3) is 0.538. The second kappa shape index (κ2) is 5.76. The molecule has 0 bridgehead atoms. The summed E-state index contributed by atoms with van der Waals surface area (Å²) in [6.45, 7) is 6.25. The van der Waals surface area contributed by atoms with Gasteiger partial charge in [-0.05, 0) is 38.0 Å². The molecule has 0 aliphatic carbocycles. The highest BCUT2D eigenvalue weighted by Gasteiger charge is 2.03. The maximum Gasteiger partial charge on any atom is 0.119 e. The monoisotopic (exact) mass is 207 g/mol. The van der Waals surface area contributed by atoms with Gasteiger partial charge >= 0.3 is 0 Å². The van der Waals surface area contributed by atoms with Crippen LogP contribution in [-0.2, 0) is 0 Å². The highest BCUT2D eigenvalue weighted by molar-refractivity contribution is 5.28. The van der Waals surface area contributed by atoms with E-state index in [-0.39, 0.29) is 12.1 Å². The Bertz CT molecular complexity index is 279. The second-order valence-electron chi connectivity index (χ2n) is 4.07. The minimum Gasteiger partial charge on any atom is -0.491 e. The molecule has 0 aliphatic rings. The van der Waals surface area contributed by atoms with E-state index in [1.54, 1.807) is 0 Å². The van der Waals surface area contributed by atoms with Gasteiger partial charge in [0.25, 0.3) is 0 Å². The van der Waals surface area contributed by atoms with Gasteiger partial charge in [0.05, 0.1) is 6.10 Å². The van der Waals surface area contributed by atoms with Crippen molar-refractivity contribution in [2.45, 2.75) is 45.8 Å². The van der Waals surface area contributed by atoms with Crippen molar-refractivity contribution in [2.24, 2.45) is 5.73 Å². The van der Waals surface area contributed by atoms with Crippen molar-refractivity contribution in [3.8, 4) is 5.75 Å². The zero-order valence-electron chi connectivity index (χ0n) is 9.86. The minimum atomic E-state index is 0.0899. The summed E-state index contributed by atoms with van der Waals surface area (Å²) < 4.78 is 5.75. The van der Waals surface area contributed by atoms with Gasteiger partial charge in [-0.15, -0.1) is 0 Å². The normalized spacial score (nSPS) is 14.7. The molecule has 0 amide bonds. The molecule has 15 heavy (non-hydrogen) atoms. The first-order chi connectivity index (χ1) is 7.13. The lowest BCUT2D eigenvalue weighted by molar-refractivity contribution is 0.210. The Kier molecular flexibility index (Phi) is 4.63. The van der Waals surface area contributed by atoms with E-state index in [9.17, 15) is 0 Å². The van der Waals surface area contributed by atoms with Crippen LogP contribution < -0.4 is 10.5 Å². The average Bonchev–Trinajstić information content (AvgIpc) is 2.18. The zero-order valence-corrected chi connectivity index (χ0v) is 9.86. The Labute approximate surface area is 92.4 Å². The molecule has 1 aromatic rings. The summed E-state index contributed by atoms with van der Waals surface area (Å²) in [5.41, 5.74) is 6.92. The van der Waals surface area contributed by atoms with Crippen molar-refractivity contribution in [1.29, 1.82) is 0 Å². The molecule has 1 aromatic carbocycles. The maximum atomic E-state index is 5.77. The van der Waals surface area contributed by atoms with Crippen LogP contribution in [0.2, 0.25) is 0 Å². The highest BCUT2D eigenvalue weighted by Crippen LogP contribution is 2.18. The van der Waals surface area contributed by atoms with Crippen LogP contribution in [0.15, 0.2) is 24.3 Å². The van der Waals surface area contributed by atoms with Gasteiger partial charge in [-0.1, -0.05) is 25.5 Å². The lowest BCUT2D eigenvalue weighted by Crippen LogP contribution is -2.11. The number of benzene rings is 1. The van der Waals surface area contributed by atoms with Gasteiger partial charge in [-0.3, -0.25) is 0 Å². The molecule has 0 aliphatic heterocycles. The second-order valence-corrected chi connectivity index (χ2v) is 4.07. The standard InChI is InChI=1S/C13H21NO/c1-4-5-10(2)15-13-8-6-12(7-9-13)11(3)14/h6-11H,4-5,14H2,1-3H3/t10?,11-/m1/s1. The van der Waals surface area contributed by atoms with Crippen LogP contribution >= 0.6 is 0 Å². The molecular weight excluding hydrogens is 186 g/mol. The summed E-state index contributed by atoms with van der Waals surface area (Å²) in [7, 11) is 0. The van der Waals surface area contributed by atoms with Crippen molar-refractivity contribution in [3.63, 3.8) is 0 Å². The zero-order chi connectivity index (χ0) is 11.3. The van der Waals surface area contributed by atoms with Crippen LogP contribution in [0.25, 0.3) is 0 Å². The molecule has 0 fully saturated rings. The largest absolute Gasteiger partial charge is 0.491 e. The van der Waals surface area contributed by atoms with Gasteiger partial charge in [0, 0.05) is 6.04 Å². The summed E-state index contributed by atoms with van der Waals surface area (Å²) in [5.74, 6) is 0.931. The topological polar surface area (TPSA) is 35.2 Å². The Balaban J connectivity index is 2.56. The maximum absolute atomic E-state index is 5.77. The van der Waals surface area contributed by atoms with Crippen LogP contribution in [-0.4, -0.2) is 6.10 Å². The molecular formula is C13H21NO. The average molecular weight is 207 g/mol. The van der Waals surface area contributed by atoms with Crippen LogP contribution in [0.3, 0.4) is 0 Å². The van der Waals surface area contributed by atoms with E-state index in [0.717, 1.165) is 24.2 Å². The van der Waals surface area contributed by atoms with E-state index in [4.69, 9.17) is 10.5 Å². The highest BCUT2D eigenvalue weighted by atomic mass is 16.5. The fourth-order valence-corrected chi connectivity index (χ4v) is 1.55. The van der Waals surface area contributed by atoms with Crippen molar-refractivity contribution in [3.05, 3.63) is 29.8 Å². The Morgan fingerprint density at radius 1 is 1.20 bits per heavy atom. The molecule has 2 N–H and O–H groups in total. The third kappa shape index (κ3) is 3.92. The first-order valence-electron chi connectivity index (χ1n) is 5.65. The van der Waals surface area contributed by atoms with Crippen molar-refractivity contribution in [2.75, 3.05) is 0 Å². The van der Waals surface area contributed by atoms with Gasteiger partial charge in [-0.25, -0.2) is 0 Å². The Hall–Kier alpha value is -1.02. The van der Waals surface area contributed by atoms with E-state index in [0.29, 0.717) is 0 Å². The van der Waals surface area contributed by atoms with Gasteiger partial charge in [-0.2, -0.15) is 0 Å². The van der Waals surface area contributed by atoms with Crippen molar-refractivity contribution in [1.82, 2.24) is 0 Å². The predicted octanol–water partition coefficient (Wildman–Crippen LogP) is 3.27. The van der Waals surface area contributed by atoms with E-state index >= 15 is 0 Å². The van der Waals surface area contributed by atoms with E-state index in [2.05, 4.69) is 13.8 Å². The molecule has 0 aromatic heterocycles. The van der Waals surface area contributed by atoms with Gasteiger partial charge < -0.3 is 10.5 Å². The van der Waals surface area contributed by atoms with Gasteiger partial charge in [0.15, 0.2) is 0 Å². The quantitative estimate of drug-likeness (QED) is 0.804. The minimum absolute atomic E-state index is 0.0899. The Morgan fingerprint density at radius 2 is 1.80 bits per heavy atom. The lowest BCUT2D eigenvalue weighted by Gasteiger charge is -2.14. The number of hydrogen-bond donors (Lipinski definition) is 1.